The molecule has 2 aromatic carbocycles. The van der Waals surface area contributed by atoms with Gasteiger partial charge >= 0.3 is 0 Å². The standard InChI is InChI=1S/C18H18ClN3O/c19-16-6-4-5-14(11-16)18-15(12-20-9-10-23)13-22(21-18)17-7-2-1-3-8-17/h1-8,11,13,20,23H,9-10,12H2. The summed E-state index contributed by atoms with van der Waals surface area (Å²) in [6.07, 6.45) is 2.01. The van der Waals surface area contributed by atoms with Gasteiger partial charge in [0.2, 0.25) is 0 Å². The fourth-order valence-electron chi connectivity index (χ4n) is 2.43. The van der Waals surface area contributed by atoms with Crippen LogP contribution in [0.2, 0.25) is 5.02 Å². The summed E-state index contributed by atoms with van der Waals surface area (Å²) in [4.78, 5) is 0. The molecular weight excluding hydrogens is 310 g/mol. The van der Waals surface area contributed by atoms with Crippen LogP contribution in [0.3, 0.4) is 0 Å². The molecule has 5 heteroatoms. The maximum atomic E-state index is 8.95. The van der Waals surface area contributed by atoms with Gasteiger partial charge in [-0.05, 0) is 24.3 Å². The normalized spacial score (nSPS) is 10.9. The minimum absolute atomic E-state index is 0.110. The zero-order chi connectivity index (χ0) is 16.1. The molecule has 0 saturated carbocycles. The average Bonchev–Trinajstić information content (AvgIpc) is 3.00. The molecule has 0 amide bonds. The summed E-state index contributed by atoms with van der Waals surface area (Å²) in [6.45, 7) is 1.29. The van der Waals surface area contributed by atoms with Gasteiger partial charge in [0.1, 0.15) is 0 Å². The summed E-state index contributed by atoms with van der Waals surface area (Å²) in [5.74, 6) is 0. The van der Waals surface area contributed by atoms with E-state index in [-0.39, 0.29) is 6.61 Å². The smallest absolute Gasteiger partial charge is 0.0973 e. The van der Waals surface area contributed by atoms with Crippen molar-refractivity contribution in [2.75, 3.05) is 13.2 Å². The molecule has 1 aromatic heterocycles. The van der Waals surface area contributed by atoms with Gasteiger partial charge in [0.15, 0.2) is 0 Å². The van der Waals surface area contributed by atoms with Gasteiger partial charge in [-0.25, -0.2) is 4.68 Å². The summed E-state index contributed by atoms with van der Waals surface area (Å²) in [6, 6.07) is 17.7. The van der Waals surface area contributed by atoms with Crippen molar-refractivity contribution < 1.29 is 5.11 Å². The van der Waals surface area contributed by atoms with Crippen LogP contribution >= 0.6 is 11.6 Å². The van der Waals surface area contributed by atoms with Crippen LogP contribution in [0.5, 0.6) is 0 Å². The van der Waals surface area contributed by atoms with E-state index >= 15 is 0 Å². The minimum Gasteiger partial charge on any atom is -0.395 e. The Morgan fingerprint density at radius 3 is 2.65 bits per heavy atom. The lowest BCUT2D eigenvalue weighted by Crippen LogP contribution is -2.17. The first-order chi connectivity index (χ1) is 11.3. The molecule has 3 rings (SSSR count). The van der Waals surface area contributed by atoms with Crippen molar-refractivity contribution >= 4 is 11.6 Å². The Hall–Kier alpha value is -2.14. The van der Waals surface area contributed by atoms with Crippen LogP contribution in [0.25, 0.3) is 16.9 Å². The third-order valence-electron chi connectivity index (χ3n) is 3.51. The van der Waals surface area contributed by atoms with E-state index in [0.29, 0.717) is 18.1 Å². The van der Waals surface area contributed by atoms with E-state index in [1.165, 1.54) is 0 Å². The number of aliphatic hydroxyl groups excluding tert-OH is 1. The predicted molar refractivity (Wildman–Crippen MR) is 92.8 cm³/mol. The van der Waals surface area contributed by atoms with Crippen LogP contribution in [-0.2, 0) is 6.54 Å². The second-order valence-corrected chi connectivity index (χ2v) is 5.63. The largest absolute Gasteiger partial charge is 0.395 e. The summed E-state index contributed by atoms with van der Waals surface area (Å²) in [7, 11) is 0. The molecule has 3 aromatic rings. The number of aromatic nitrogens is 2. The van der Waals surface area contributed by atoms with Crippen molar-refractivity contribution in [1.29, 1.82) is 0 Å². The lowest BCUT2D eigenvalue weighted by Gasteiger charge is -2.04. The number of nitrogens with zero attached hydrogens (tertiary/aromatic N) is 2. The van der Waals surface area contributed by atoms with Gasteiger partial charge in [-0.1, -0.05) is 41.9 Å². The van der Waals surface area contributed by atoms with Gasteiger partial charge in [0.25, 0.3) is 0 Å². The van der Waals surface area contributed by atoms with Gasteiger partial charge in [0.05, 0.1) is 18.0 Å². The quantitative estimate of drug-likeness (QED) is 0.683. The minimum atomic E-state index is 0.110. The number of aliphatic hydroxyl groups is 1. The Balaban J connectivity index is 2.00. The number of hydrogen-bond acceptors (Lipinski definition) is 3. The molecule has 0 atom stereocenters. The van der Waals surface area contributed by atoms with Crippen molar-refractivity contribution in [1.82, 2.24) is 15.1 Å². The Morgan fingerprint density at radius 2 is 1.91 bits per heavy atom. The predicted octanol–water partition coefficient (Wildman–Crippen LogP) is 3.27. The second-order valence-electron chi connectivity index (χ2n) is 5.19. The molecule has 1 heterocycles. The first-order valence-corrected chi connectivity index (χ1v) is 7.87. The fraction of sp³-hybridized carbons (Fsp3) is 0.167. The SMILES string of the molecule is OCCNCc1cn(-c2ccccc2)nc1-c1cccc(Cl)c1. The molecule has 0 saturated heterocycles. The van der Waals surface area contributed by atoms with E-state index in [1.54, 1.807) is 0 Å². The third-order valence-corrected chi connectivity index (χ3v) is 3.75. The average molecular weight is 328 g/mol. The van der Waals surface area contributed by atoms with Gasteiger partial charge in [-0.15, -0.1) is 0 Å². The van der Waals surface area contributed by atoms with E-state index in [2.05, 4.69) is 5.32 Å². The Kier molecular flexibility index (Phi) is 5.08. The highest BCUT2D eigenvalue weighted by Gasteiger charge is 2.12. The van der Waals surface area contributed by atoms with E-state index in [9.17, 15) is 0 Å². The van der Waals surface area contributed by atoms with Crippen LogP contribution in [0.4, 0.5) is 0 Å². The topological polar surface area (TPSA) is 50.1 Å². The van der Waals surface area contributed by atoms with Crippen molar-refractivity contribution in [3.05, 3.63) is 71.4 Å². The number of hydrogen-bond donors (Lipinski definition) is 2. The first-order valence-electron chi connectivity index (χ1n) is 7.49. The summed E-state index contributed by atoms with van der Waals surface area (Å²) in [5, 5.41) is 17.6. The molecular formula is C18H18ClN3O. The van der Waals surface area contributed by atoms with Crippen LogP contribution in [-0.4, -0.2) is 28.0 Å². The zero-order valence-electron chi connectivity index (χ0n) is 12.6. The van der Waals surface area contributed by atoms with Crippen LogP contribution < -0.4 is 5.32 Å². The van der Waals surface area contributed by atoms with E-state index < -0.39 is 0 Å². The molecule has 0 fully saturated rings. The molecule has 0 aliphatic carbocycles. The molecule has 4 nitrogen and oxygen atoms in total. The molecule has 0 aliphatic rings. The number of nitrogens with one attached hydrogen (secondary N) is 1. The molecule has 118 valence electrons. The molecule has 2 N–H and O–H groups in total. The number of halogens is 1. The van der Waals surface area contributed by atoms with Gasteiger partial charge in [-0.2, -0.15) is 5.10 Å². The van der Waals surface area contributed by atoms with Crippen molar-refractivity contribution in [3.8, 4) is 16.9 Å². The summed E-state index contributed by atoms with van der Waals surface area (Å²) in [5.41, 5.74) is 3.93. The van der Waals surface area contributed by atoms with Crippen molar-refractivity contribution in [2.45, 2.75) is 6.54 Å². The van der Waals surface area contributed by atoms with Crippen LogP contribution in [0.15, 0.2) is 60.8 Å². The van der Waals surface area contributed by atoms with Crippen molar-refractivity contribution in [3.63, 3.8) is 0 Å². The Morgan fingerprint density at radius 1 is 1.09 bits per heavy atom. The maximum Gasteiger partial charge on any atom is 0.0973 e. The van der Waals surface area contributed by atoms with Gasteiger partial charge in [-0.3, -0.25) is 0 Å². The fourth-order valence-corrected chi connectivity index (χ4v) is 2.62. The molecule has 23 heavy (non-hydrogen) atoms. The molecule has 0 unspecified atom stereocenters. The lowest BCUT2D eigenvalue weighted by molar-refractivity contribution is 0.292. The molecule has 0 spiro atoms. The van der Waals surface area contributed by atoms with Crippen LogP contribution in [0, 0.1) is 0 Å². The highest BCUT2D eigenvalue weighted by Crippen LogP contribution is 2.26. The van der Waals surface area contributed by atoms with E-state index in [1.807, 2.05) is 65.5 Å². The monoisotopic (exact) mass is 327 g/mol. The third kappa shape index (κ3) is 3.79. The highest BCUT2D eigenvalue weighted by molar-refractivity contribution is 6.30. The van der Waals surface area contributed by atoms with Crippen molar-refractivity contribution in [2.24, 2.45) is 0 Å². The number of benzene rings is 2. The highest BCUT2D eigenvalue weighted by atomic mass is 35.5. The Bertz CT molecular complexity index is 771. The number of para-hydroxylation sites is 1. The maximum absolute atomic E-state index is 8.95. The number of rotatable bonds is 6. The molecule has 0 radical (unpaired) electrons. The Labute approximate surface area is 140 Å². The summed E-state index contributed by atoms with van der Waals surface area (Å²) >= 11 is 6.11. The lowest BCUT2D eigenvalue weighted by atomic mass is 10.1. The van der Waals surface area contributed by atoms with Gasteiger partial charge < -0.3 is 10.4 Å². The van der Waals surface area contributed by atoms with Gasteiger partial charge in [0, 0.05) is 35.4 Å². The van der Waals surface area contributed by atoms with E-state index in [0.717, 1.165) is 22.5 Å². The van der Waals surface area contributed by atoms with Crippen LogP contribution in [0.1, 0.15) is 5.56 Å². The molecule has 0 bridgehead atoms. The molecule has 0 aliphatic heterocycles. The first kappa shape index (κ1) is 15.7. The second kappa shape index (κ2) is 7.42. The summed E-state index contributed by atoms with van der Waals surface area (Å²) < 4.78 is 1.87. The zero-order valence-corrected chi connectivity index (χ0v) is 13.4. The van der Waals surface area contributed by atoms with E-state index in [4.69, 9.17) is 21.8 Å².